The van der Waals surface area contributed by atoms with E-state index in [0.717, 1.165) is 4.90 Å². The minimum absolute atomic E-state index is 0.0644. The van der Waals surface area contributed by atoms with Gasteiger partial charge < -0.3 is 15.4 Å². The zero-order valence-electron chi connectivity index (χ0n) is 8.47. The molecule has 1 unspecified atom stereocenters. The van der Waals surface area contributed by atoms with Crippen molar-refractivity contribution >= 4 is 6.03 Å². The van der Waals surface area contributed by atoms with Crippen molar-refractivity contribution in [3.05, 3.63) is 0 Å². The molecule has 0 saturated carbocycles. The summed E-state index contributed by atoms with van der Waals surface area (Å²) in [6.45, 7) is 2.50. The maximum atomic E-state index is 12.4. The Hall–Kier alpha value is -0.980. The molecule has 0 aromatic heterocycles. The average molecular weight is 226 g/mol. The first kappa shape index (κ1) is 12.1. The molecule has 1 saturated heterocycles. The molecule has 1 fully saturated rings. The van der Waals surface area contributed by atoms with Crippen LogP contribution in [0, 0.1) is 0 Å². The van der Waals surface area contributed by atoms with Crippen LogP contribution in [0.4, 0.5) is 18.0 Å². The highest BCUT2D eigenvalue weighted by atomic mass is 19.4. The van der Waals surface area contributed by atoms with Crippen molar-refractivity contribution < 1.29 is 22.7 Å². The smallest absolute Gasteiger partial charge is 0.359 e. The standard InChI is InChI=1S/C8H13F3N2O2/c1-7(2)4-13(6(12)14)3-5(15-7)8(9,10)11/h5H,3-4H2,1-2H3,(H2,12,14). The van der Waals surface area contributed by atoms with Crippen LogP contribution in [0.3, 0.4) is 0 Å². The summed E-state index contributed by atoms with van der Waals surface area (Å²) in [5.74, 6) is 0. The van der Waals surface area contributed by atoms with Gasteiger partial charge in [-0.05, 0) is 13.8 Å². The van der Waals surface area contributed by atoms with Crippen molar-refractivity contribution in [1.29, 1.82) is 0 Å². The highest BCUT2D eigenvalue weighted by molar-refractivity contribution is 5.72. The number of hydrogen-bond donors (Lipinski definition) is 1. The van der Waals surface area contributed by atoms with E-state index in [1.165, 1.54) is 13.8 Å². The van der Waals surface area contributed by atoms with Crippen molar-refractivity contribution in [1.82, 2.24) is 4.90 Å². The monoisotopic (exact) mass is 226 g/mol. The Labute approximate surface area is 85.2 Å². The number of halogens is 3. The predicted octanol–water partition coefficient (Wildman–Crippen LogP) is 1.11. The van der Waals surface area contributed by atoms with Crippen molar-refractivity contribution in [2.24, 2.45) is 5.73 Å². The molecule has 2 amide bonds. The van der Waals surface area contributed by atoms with E-state index < -0.39 is 30.5 Å². The third kappa shape index (κ3) is 2.98. The Balaban J connectivity index is 2.82. The summed E-state index contributed by atoms with van der Waals surface area (Å²) in [7, 11) is 0. The number of rotatable bonds is 0. The van der Waals surface area contributed by atoms with E-state index >= 15 is 0 Å². The second-order valence-corrected chi connectivity index (χ2v) is 4.13. The normalized spacial score (nSPS) is 26.5. The first-order chi connectivity index (χ1) is 6.62. The van der Waals surface area contributed by atoms with E-state index in [2.05, 4.69) is 0 Å². The van der Waals surface area contributed by atoms with Crippen molar-refractivity contribution in [2.75, 3.05) is 13.1 Å². The number of primary amides is 1. The zero-order valence-corrected chi connectivity index (χ0v) is 8.47. The number of carbonyl (C=O) groups is 1. The molecule has 0 bridgehead atoms. The maximum Gasteiger partial charge on any atom is 0.416 e. The predicted molar refractivity (Wildman–Crippen MR) is 46.2 cm³/mol. The van der Waals surface area contributed by atoms with Crippen LogP contribution < -0.4 is 5.73 Å². The summed E-state index contributed by atoms with van der Waals surface area (Å²) in [5, 5.41) is 0. The van der Waals surface area contributed by atoms with E-state index in [1.54, 1.807) is 0 Å². The molecule has 1 aliphatic heterocycles. The molecule has 1 aliphatic rings. The van der Waals surface area contributed by atoms with Crippen LogP contribution in [-0.4, -0.2) is 41.9 Å². The van der Waals surface area contributed by atoms with Crippen molar-refractivity contribution in [3.8, 4) is 0 Å². The number of alkyl halides is 3. The fourth-order valence-corrected chi connectivity index (χ4v) is 1.52. The van der Waals surface area contributed by atoms with E-state index in [4.69, 9.17) is 10.5 Å². The summed E-state index contributed by atoms with van der Waals surface area (Å²) in [6.07, 6.45) is -6.44. The molecule has 1 atom stereocenters. The Morgan fingerprint density at radius 1 is 1.53 bits per heavy atom. The lowest BCUT2D eigenvalue weighted by molar-refractivity contribution is -0.267. The average Bonchev–Trinajstić information content (AvgIpc) is 1.99. The van der Waals surface area contributed by atoms with E-state index in [0.29, 0.717) is 0 Å². The molecule has 0 aromatic carbocycles. The zero-order chi connectivity index (χ0) is 11.9. The molecule has 7 heteroatoms. The number of morpholine rings is 1. The summed E-state index contributed by atoms with van der Waals surface area (Å²) >= 11 is 0. The quantitative estimate of drug-likeness (QED) is 0.672. The van der Waals surface area contributed by atoms with Crippen LogP contribution in [0.15, 0.2) is 0 Å². The maximum absolute atomic E-state index is 12.4. The van der Waals surface area contributed by atoms with Gasteiger partial charge in [0.1, 0.15) is 0 Å². The molecule has 0 aliphatic carbocycles. The number of carbonyl (C=O) groups excluding carboxylic acids is 1. The number of amides is 2. The molecule has 0 radical (unpaired) electrons. The van der Waals surface area contributed by atoms with Crippen LogP contribution in [0.1, 0.15) is 13.8 Å². The van der Waals surface area contributed by atoms with Gasteiger partial charge in [0.05, 0.1) is 18.7 Å². The Kier molecular flexibility index (Phi) is 2.86. The molecule has 1 heterocycles. The van der Waals surface area contributed by atoms with E-state index in [9.17, 15) is 18.0 Å². The minimum Gasteiger partial charge on any atom is -0.359 e. The number of nitrogens with two attached hydrogens (primary N) is 1. The molecular weight excluding hydrogens is 213 g/mol. The highest BCUT2D eigenvalue weighted by Gasteiger charge is 2.48. The van der Waals surface area contributed by atoms with Gasteiger partial charge >= 0.3 is 12.2 Å². The molecule has 1 rings (SSSR count). The largest absolute Gasteiger partial charge is 0.416 e. The number of hydrogen-bond acceptors (Lipinski definition) is 2. The van der Waals surface area contributed by atoms with Crippen LogP contribution in [0.25, 0.3) is 0 Å². The molecule has 0 spiro atoms. The molecule has 88 valence electrons. The first-order valence-corrected chi connectivity index (χ1v) is 4.41. The number of ether oxygens (including phenoxy) is 1. The Bertz CT molecular complexity index is 265. The highest BCUT2D eigenvalue weighted by Crippen LogP contribution is 2.31. The Morgan fingerprint density at radius 2 is 2.07 bits per heavy atom. The van der Waals surface area contributed by atoms with Crippen LogP contribution in [0.2, 0.25) is 0 Å². The van der Waals surface area contributed by atoms with Crippen LogP contribution in [0.5, 0.6) is 0 Å². The fraction of sp³-hybridized carbons (Fsp3) is 0.875. The van der Waals surface area contributed by atoms with Gasteiger partial charge in [-0.2, -0.15) is 13.2 Å². The number of urea groups is 1. The topological polar surface area (TPSA) is 55.6 Å². The van der Waals surface area contributed by atoms with Crippen molar-refractivity contribution in [2.45, 2.75) is 31.7 Å². The summed E-state index contributed by atoms with van der Waals surface area (Å²) < 4.78 is 42.1. The second-order valence-electron chi connectivity index (χ2n) is 4.13. The molecule has 2 N–H and O–H groups in total. The van der Waals surface area contributed by atoms with Gasteiger partial charge in [0, 0.05) is 0 Å². The van der Waals surface area contributed by atoms with Gasteiger partial charge in [0.2, 0.25) is 0 Å². The van der Waals surface area contributed by atoms with Crippen molar-refractivity contribution in [3.63, 3.8) is 0 Å². The van der Waals surface area contributed by atoms with E-state index in [-0.39, 0.29) is 6.54 Å². The van der Waals surface area contributed by atoms with Gasteiger partial charge in [-0.25, -0.2) is 4.79 Å². The summed E-state index contributed by atoms with van der Waals surface area (Å²) in [5.41, 5.74) is 3.92. The molecule has 15 heavy (non-hydrogen) atoms. The lowest BCUT2D eigenvalue weighted by Crippen LogP contribution is -2.59. The van der Waals surface area contributed by atoms with Crippen LogP contribution in [-0.2, 0) is 4.74 Å². The third-order valence-corrected chi connectivity index (χ3v) is 2.10. The van der Waals surface area contributed by atoms with Gasteiger partial charge in [-0.15, -0.1) is 0 Å². The molecule has 0 aromatic rings. The van der Waals surface area contributed by atoms with Gasteiger partial charge in [-0.1, -0.05) is 0 Å². The summed E-state index contributed by atoms with van der Waals surface area (Å²) in [4.78, 5) is 11.8. The fourth-order valence-electron chi connectivity index (χ4n) is 1.52. The molecule has 4 nitrogen and oxygen atoms in total. The third-order valence-electron chi connectivity index (χ3n) is 2.10. The lowest BCUT2D eigenvalue weighted by atomic mass is 10.1. The Morgan fingerprint density at radius 3 is 2.47 bits per heavy atom. The minimum atomic E-state index is -4.48. The SMILES string of the molecule is CC1(C)CN(C(N)=O)CC(C(F)(F)F)O1. The van der Waals surface area contributed by atoms with Crippen LogP contribution >= 0.6 is 0 Å². The molecular formula is C8H13F3N2O2. The summed E-state index contributed by atoms with van der Waals surface area (Å²) in [6, 6.07) is -0.861. The first-order valence-electron chi connectivity index (χ1n) is 4.41. The van der Waals surface area contributed by atoms with Gasteiger partial charge in [0.25, 0.3) is 0 Å². The van der Waals surface area contributed by atoms with E-state index in [1.807, 2.05) is 0 Å². The number of nitrogens with zero attached hydrogens (tertiary/aromatic N) is 1. The van der Waals surface area contributed by atoms with Gasteiger partial charge in [-0.3, -0.25) is 0 Å². The second kappa shape index (κ2) is 3.55. The lowest BCUT2D eigenvalue weighted by Gasteiger charge is -2.42. The van der Waals surface area contributed by atoms with Gasteiger partial charge in [0.15, 0.2) is 6.10 Å².